The van der Waals surface area contributed by atoms with Gasteiger partial charge in [0.1, 0.15) is 5.75 Å². The Morgan fingerprint density at radius 3 is 2.67 bits per heavy atom. The Morgan fingerprint density at radius 1 is 1.11 bits per heavy atom. The first-order valence-electron chi connectivity index (χ1n) is 9.17. The Hall–Kier alpha value is -2.89. The zero-order chi connectivity index (χ0) is 19.5. The molecule has 0 aliphatic carbocycles. The van der Waals surface area contributed by atoms with Crippen molar-refractivity contribution in [2.75, 3.05) is 19.8 Å². The summed E-state index contributed by atoms with van der Waals surface area (Å²) in [5.41, 5.74) is 1.90. The molecule has 6 nitrogen and oxygen atoms in total. The number of pyridine rings is 1. The molecule has 0 aliphatic rings. The van der Waals surface area contributed by atoms with Gasteiger partial charge in [-0.05, 0) is 43.2 Å². The lowest BCUT2D eigenvalue weighted by atomic mass is 10.2. The van der Waals surface area contributed by atoms with E-state index in [1.807, 2.05) is 42.5 Å². The van der Waals surface area contributed by atoms with Gasteiger partial charge >= 0.3 is 5.97 Å². The summed E-state index contributed by atoms with van der Waals surface area (Å²) in [6.07, 6.45) is 2.71. The van der Waals surface area contributed by atoms with Crippen LogP contribution in [0.5, 0.6) is 5.75 Å². The van der Waals surface area contributed by atoms with Crippen molar-refractivity contribution in [1.82, 2.24) is 9.88 Å². The van der Waals surface area contributed by atoms with Gasteiger partial charge < -0.3 is 14.4 Å². The number of benzene rings is 1. The predicted octanol–water partition coefficient (Wildman–Crippen LogP) is 3.00. The van der Waals surface area contributed by atoms with Gasteiger partial charge in [-0.2, -0.15) is 0 Å². The molecule has 0 saturated carbocycles. The maximum absolute atomic E-state index is 12.7. The number of ether oxygens (including phenoxy) is 2. The molecule has 1 amide bonds. The van der Waals surface area contributed by atoms with Crippen LogP contribution in [0.1, 0.15) is 31.5 Å². The van der Waals surface area contributed by atoms with Crippen molar-refractivity contribution in [3.63, 3.8) is 0 Å². The van der Waals surface area contributed by atoms with Crippen LogP contribution < -0.4 is 4.74 Å². The number of hydrogen-bond donors (Lipinski definition) is 0. The molecule has 0 radical (unpaired) electrons. The monoisotopic (exact) mass is 370 g/mol. The Kier molecular flexibility index (Phi) is 8.29. The molecule has 2 rings (SSSR count). The third-order valence-corrected chi connectivity index (χ3v) is 3.99. The van der Waals surface area contributed by atoms with E-state index in [4.69, 9.17) is 9.47 Å². The van der Waals surface area contributed by atoms with E-state index in [9.17, 15) is 9.59 Å². The lowest BCUT2D eigenvalue weighted by Crippen LogP contribution is -2.36. The van der Waals surface area contributed by atoms with Crippen molar-refractivity contribution in [3.05, 3.63) is 59.9 Å². The van der Waals surface area contributed by atoms with Gasteiger partial charge in [0.2, 0.25) is 0 Å². The molecule has 0 bridgehead atoms. The van der Waals surface area contributed by atoms with Crippen LogP contribution in [0.3, 0.4) is 0 Å². The van der Waals surface area contributed by atoms with Crippen molar-refractivity contribution < 1.29 is 19.1 Å². The van der Waals surface area contributed by atoms with Gasteiger partial charge in [0.15, 0.2) is 6.61 Å². The van der Waals surface area contributed by atoms with Crippen molar-refractivity contribution in [2.45, 2.75) is 33.2 Å². The number of hydrogen-bond acceptors (Lipinski definition) is 5. The minimum absolute atomic E-state index is 0.0944. The van der Waals surface area contributed by atoms with Crippen LogP contribution in [-0.4, -0.2) is 41.5 Å². The highest BCUT2D eigenvalue weighted by atomic mass is 16.5. The zero-order valence-electron chi connectivity index (χ0n) is 15.9. The molecule has 0 fully saturated rings. The molecular weight excluding hydrogens is 344 g/mol. The van der Waals surface area contributed by atoms with E-state index in [0.717, 1.165) is 17.7 Å². The lowest BCUT2D eigenvalue weighted by molar-refractivity contribution is -0.144. The molecule has 1 aromatic heterocycles. The molecule has 27 heavy (non-hydrogen) atoms. The van der Waals surface area contributed by atoms with Crippen LogP contribution in [0.25, 0.3) is 0 Å². The fourth-order valence-corrected chi connectivity index (χ4v) is 2.53. The van der Waals surface area contributed by atoms with E-state index in [1.54, 1.807) is 18.0 Å². The second-order valence-electron chi connectivity index (χ2n) is 5.98. The number of amides is 1. The number of nitrogens with zero attached hydrogens (tertiary/aromatic N) is 2. The summed E-state index contributed by atoms with van der Waals surface area (Å²) >= 11 is 0. The number of aryl methyl sites for hydroxylation is 1. The van der Waals surface area contributed by atoms with Crippen molar-refractivity contribution >= 4 is 11.9 Å². The van der Waals surface area contributed by atoms with E-state index in [2.05, 4.69) is 11.9 Å². The van der Waals surface area contributed by atoms with E-state index in [0.29, 0.717) is 18.9 Å². The van der Waals surface area contributed by atoms with E-state index >= 15 is 0 Å². The first kappa shape index (κ1) is 20.4. The summed E-state index contributed by atoms with van der Waals surface area (Å²) in [7, 11) is 0. The van der Waals surface area contributed by atoms with Crippen molar-refractivity contribution in [1.29, 1.82) is 0 Å². The van der Waals surface area contributed by atoms with Gasteiger partial charge in [-0.15, -0.1) is 0 Å². The standard InChI is InChI=1S/C21H26N2O4/c1-3-17-8-7-10-19(14-17)27-16-20(24)23(13-11-21(25)26-4-2)15-18-9-5-6-12-22-18/h5-10,12,14H,3-4,11,13,15-16H2,1-2H3. The van der Waals surface area contributed by atoms with Gasteiger partial charge in [-0.3, -0.25) is 14.6 Å². The molecular formula is C21H26N2O4. The fraction of sp³-hybridized carbons (Fsp3) is 0.381. The van der Waals surface area contributed by atoms with Crippen LogP contribution >= 0.6 is 0 Å². The van der Waals surface area contributed by atoms with E-state index < -0.39 is 0 Å². The Labute approximate surface area is 160 Å². The van der Waals surface area contributed by atoms with Gasteiger partial charge in [0.05, 0.1) is 25.3 Å². The summed E-state index contributed by atoms with van der Waals surface area (Å²) in [5, 5.41) is 0. The quantitative estimate of drug-likeness (QED) is 0.602. The highest BCUT2D eigenvalue weighted by molar-refractivity contribution is 5.78. The number of esters is 1. The molecule has 0 atom stereocenters. The summed E-state index contributed by atoms with van der Waals surface area (Å²) < 4.78 is 10.6. The van der Waals surface area contributed by atoms with Crippen LogP contribution in [0.2, 0.25) is 0 Å². The second kappa shape index (κ2) is 11.0. The molecule has 0 N–H and O–H groups in total. The molecule has 0 saturated heterocycles. The highest BCUT2D eigenvalue weighted by Gasteiger charge is 2.17. The van der Waals surface area contributed by atoms with Gasteiger partial charge in [0.25, 0.3) is 5.91 Å². The fourth-order valence-electron chi connectivity index (χ4n) is 2.53. The summed E-state index contributed by atoms with van der Waals surface area (Å²) in [5.74, 6) is 0.130. The Bertz CT molecular complexity index is 734. The maximum Gasteiger partial charge on any atom is 0.307 e. The molecule has 1 aromatic carbocycles. The molecule has 0 unspecified atom stereocenters. The zero-order valence-corrected chi connectivity index (χ0v) is 15.9. The van der Waals surface area contributed by atoms with Crippen LogP contribution in [0.4, 0.5) is 0 Å². The largest absolute Gasteiger partial charge is 0.484 e. The third-order valence-electron chi connectivity index (χ3n) is 3.99. The number of rotatable bonds is 10. The Balaban J connectivity index is 1.99. The topological polar surface area (TPSA) is 68.7 Å². The maximum atomic E-state index is 12.7. The highest BCUT2D eigenvalue weighted by Crippen LogP contribution is 2.14. The van der Waals surface area contributed by atoms with Gasteiger partial charge in [0, 0.05) is 12.7 Å². The first-order valence-corrected chi connectivity index (χ1v) is 9.17. The summed E-state index contributed by atoms with van der Waals surface area (Å²) in [4.78, 5) is 30.2. The summed E-state index contributed by atoms with van der Waals surface area (Å²) in [6.45, 7) is 4.62. The number of carbonyl (C=O) groups is 2. The number of aromatic nitrogens is 1. The lowest BCUT2D eigenvalue weighted by Gasteiger charge is -2.22. The molecule has 0 aliphatic heterocycles. The van der Waals surface area contributed by atoms with Gasteiger partial charge in [-0.25, -0.2) is 0 Å². The van der Waals surface area contributed by atoms with Gasteiger partial charge in [-0.1, -0.05) is 25.1 Å². The molecule has 0 spiro atoms. The van der Waals surface area contributed by atoms with Crippen LogP contribution in [-0.2, 0) is 27.3 Å². The first-order chi connectivity index (χ1) is 13.1. The van der Waals surface area contributed by atoms with E-state index in [1.165, 1.54) is 0 Å². The Morgan fingerprint density at radius 2 is 1.96 bits per heavy atom. The molecule has 144 valence electrons. The molecule has 1 heterocycles. The SMILES string of the molecule is CCOC(=O)CCN(Cc1ccccn1)C(=O)COc1cccc(CC)c1. The average Bonchev–Trinajstić information content (AvgIpc) is 2.70. The second-order valence-corrected chi connectivity index (χ2v) is 5.98. The minimum Gasteiger partial charge on any atom is -0.484 e. The third kappa shape index (κ3) is 7.09. The minimum atomic E-state index is -0.326. The smallest absolute Gasteiger partial charge is 0.307 e. The van der Waals surface area contributed by atoms with Crippen LogP contribution in [0, 0.1) is 0 Å². The number of carbonyl (C=O) groups excluding carboxylic acids is 2. The molecule has 6 heteroatoms. The van der Waals surface area contributed by atoms with E-state index in [-0.39, 0.29) is 31.4 Å². The predicted molar refractivity (Wildman–Crippen MR) is 102 cm³/mol. The van der Waals surface area contributed by atoms with Crippen molar-refractivity contribution in [3.8, 4) is 5.75 Å². The average molecular weight is 370 g/mol. The molecule has 2 aromatic rings. The van der Waals surface area contributed by atoms with Crippen molar-refractivity contribution in [2.24, 2.45) is 0 Å². The van der Waals surface area contributed by atoms with Crippen LogP contribution in [0.15, 0.2) is 48.7 Å². The normalized spacial score (nSPS) is 10.3. The summed E-state index contributed by atoms with van der Waals surface area (Å²) in [6, 6.07) is 13.2.